The summed E-state index contributed by atoms with van der Waals surface area (Å²) in [5, 5.41) is 14.0. The van der Waals surface area contributed by atoms with Gasteiger partial charge in [-0.15, -0.1) is 0 Å². The Morgan fingerprint density at radius 1 is 1.38 bits per heavy atom. The maximum absolute atomic E-state index is 9.73. The highest BCUT2D eigenvalue weighted by Gasteiger charge is 2.24. The van der Waals surface area contributed by atoms with E-state index >= 15 is 0 Å². The predicted molar refractivity (Wildman–Crippen MR) is 90.1 cm³/mol. The predicted octanol–water partition coefficient (Wildman–Crippen LogP) is 3.44. The van der Waals surface area contributed by atoms with Crippen molar-refractivity contribution in [3.63, 3.8) is 0 Å². The average molecular weight is 311 g/mol. The zero-order chi connectivity index (χ0) is 15.2. The highest BCUT2D eigenvalue weighted by Crippen LogP contribution is 2.31. The van der Waals surface area contributed by atoms with Crippen molar-refractivity contribution in [1.82, 2.24) is 5.32 Å². The third-order valence-corrected chi connectivity index (χ3v) is 4.74. The van der Waals surface area contributed by atoms with Crippen LogP contribution in [0.5, 0.6) is 0 Å². The summed E-state index contributed by atoms with van der Waals surface area (Å²) in [7, 11) is 0. The minimum atomic E-state index is -0.197. The molecule has 0 aromatic heterocycles. The summed E-state index contributed by atoms with van der Waals surface area (Å²) in [6, 6.07) is 6.16. The molecule has 0 radical (unpaired) electrons. The van der Waals surface area contributed by atoms with Crippen LogP contribution in [0, 0.1) is 5.92 Å². The van der Waals surface area contributed by atoms with Crippen molar-refractivity contribution in [2.24, 2.45) is 5.92 Å². The van der Waals surface area contributed by atoms with Crippen molar-refractivity contribution in [3.8, 4) is 0 Å². The normalized spacial score (nSPS) is 18.0. The minimum Gasteiger partial charge on any atom is -0.393 e. The molecule has 4 heteroatoms. The maximum atomic E-state index is 9.73. The number of nitrogens with one attached hydrogen (secondary N) is 1. The number of aliphatic hydroxyl groups excluding tert-OH is 1. The highest BCUT2D eigenvalue weighted by molar-refractivity contribution is 6.31. The second-order valence-corrected chi connectivity index (χ2v) is 6.39. The number of rotatable bonds is 6. The van der Waals surface area contributed by atoms with Crippen LogP contribution >= 0.6 is 11.6 Å². The minimum absolute atomic E-state index is 0.197. The van der Waals surface area contributed by atoms with Crippen LogP contribution < -0.4 is 10.2 Å². The van der Waals surface area contributed by atoms with Gasteiger partial charge in [0.25, 0.3) is 0 Å². The fourth-order valence-electron chi connectivity index (χ4n) is 3.03. The zero-order valence-electron chi connectivity index (χ0n) is 13.1. The number of nitrogens with zero attached hydrogens (tertiary/aromatic N) is 1. The summed E-state index contributed by atoms with van der Waals surface area (Å²) in [5.41, 5.74) is 2.44. The molecule has 1 heterocycles. The number of aliphatic hydroxyl groups is 1. The second kappa shape index (κ2) is 8.02. The third-order valence-electron chi connectivity index (χ3n) is 4.39. The number of benzene rings is 1. The molecule has 1 unspecified atom stereocenters. The van der Waals surface area contributed by atoms with Gasteiger partial charge in [-0.1, -0.05) is 24.6 Å². The zero-order valence-corrected chi connectivity index (χ0v) is 13.9. The van der Waals surface area contributed by atoms with Crippen molar-refractivity contribution in [2.75, 3.05) is 24.5 Å². The van der Waals surface area contributed by atoms with Crippen LogP contribution in [0.15, 0.2) is 18.2 Å². The lowest BCUT2D eigenvalue weighted by Crippen LogP contribution is -2.37. The summed E-state index contributed by atoms with van der Waals surface area (Å²) in [5.74, 6) is 0.433. The van der Waals surface area contributed by atoms with E-state index in [0.717, 1.165) is 50.5 Å². The van der Waals surface area contributed by atoms with Gasteiger partial charge in [0, 0.05) is 35.9 Å². The molecule has 1 atom stereocenters. The van der Waals surface area contributed by atoms with Gasteiger partial charge < -0.3 is 15.3 Å². The Balaban J connectivity index is 2.07. The fraction of sp³-hybridized carbons (Fsp3) is 0.647. The Bertz CT molecular complexity index is 442. The lowest BCUT2D eigenvalue weighted by molar-refractivity contribution is 0.110. The van der Waals surface area contributed by atoms with Gasteiger partial charge in [-0.3, -0.25) is 0 Å². The molecule has 21 heavy (non-hydrogen) atoms. The van der Waals surface area contributed by atoms with E-state index in [4.69, 9.17) is 11.6 Å². The van der Waals surface area contributed by atoms with E-state index in [2.05, 4.69) is 23.2 Å². The summed E-state index contributed by atoms with van der Waals surface area (Å²) >= 11 is 6.40. The Kier molecular flexibility index (Phi) is 6.34. The quantitative estimate of drug-likeness (QED) is 0.790. The van der Waals surface area contributed by atoms with E-state index in [-0.39, 0.29) is 6.10 Å². The second-order valence-electron chi connectivity index (χ2n) is 5.98. The molecule has 1 aliphatic heterocycles. The summed E-state index contributed by atoms with van der Waals surface area (Å²) < 4.78 is 0. The van der Waals surface area contributed by atoms with E-state index < -0.39 is 0 Å². The molecular weight excluding hydrogens is 284 g/mol. The molecule has 2 rings (SSSR count). The number of piperidine rings is 1. The number of halogens is 1. The lowest BCUT2D eigenvalue weighted by Gasteiger charge is -2.36. The SMILES string of the molecule is CCCNCc1c(Cl)cccc1N1CCC(C(C)O)CC1. The average Bonchev–Trinajstić information content (AvgIpc) is 2.49. The van der Waals surface area contributed by atoms with Gasteiger partial charge in [0.15, 0.2) is 0 Å². The fourth-order valence-corrected chi connectivity index (χ4v) is 3.27. The summed E-state index contributed by atoms with van der Waals surface area (Å²) in [6.45, 7) is 7.89. The molecule has 118 valence electrons. The smallest absolute Gasteiger partial charge is 0.0541 e. The molecule has 1 aliphatic rings. The van der Waals surface area contributed by atoms with Gasteiger partial charge >= 0.3 is 0 Å². The van der Waals surface area contributed by atoms with Gasteiger partial charge in [0.1, 0.15) is 0 Å². The van der Waals surface area contributed by atoms with E-state index in [0.29, 0.717) is 5.92 Å². The molecule has 1 aromatic rings. The van der Waals surface area contributed by atoms with Crippen LogP contribution in [0.1, 0.15) is 38.7 Å². The van der Waals surface area contributed by atoms with Gasteiger partial charge in [-0.25, -0.2) is 0 Å². The Morgan fingerprint density at radius 2 is 2.10 bits per heavy atom. The monoisotopic (exact) mass is 310 g/mol. The molecule has 0 bridgehead atoms. The molecule has 0 spiro atoms. The molecule has 3 nitrogen and oxygen atoms in total. The van der Waals surface area contributed by atoms with Gasteiger partial charge in [-0.05, 0) is 50.8 Å². The van der Waals surface area contributed by atoms with E-state index in [1.54, 1.807) is 0 Å². The van der Waals surface area contributed by atoms with Crippen LogP contribution in [0.4, 0.5) is 5.69 Å². The highest BCUT2D eigenvalue weighted by atomic mass is 35.5. The molecule has 1 fully saturated rings. The molecule has 0 amide bonds. The van der Waals surface area contributed by atoms with Crippen molar-refractivity contribution < 1.29 is 5.11 Å². The van der Waals surface area contributed by atoms with Crippen LogP contribution in [-0.4, -0.2) is 30.8 Å². The van der Waals surface area contributed by atoms with Crippen LogP contribution in [0.3, 0.4) is 0 Å². The number of anilines is 1. The van der Waals surface area contributed by atoms with Crippen molar-refractivity contribution in [3.05, 3.63) is 28.8 Å². The Labute approximate surface area is 133 Å². The molecular formula is C17H27ClN2O. The van der Waals surface area contributed by atoms with Crippen LogP contribution in [-0.2, 0) is 6.54 Å². The topological polar surface area (TPSA) is 35.5 Å². The molecule has 1 aromatic carbocycles. The first-order valence-corrected chi connectivity index (χ1v) is 8.42. The van der Waals surface area contributed by atoms with Crippen LogP contribution in [0.2, 0.25) is 5.02 Å². The first kappa shape index (κ1) is 16.6. The first-order chi connectivity index (χ1) is 10.1. The van der Waals surface area contributed by atoms with E-state index in [9.17, 15) is 5.11 Å². The van der Waals surface area contributed by atoms with Gasteiger partial charge in [0.2, 0.25) is 0 Å². The van der Waals surface area contributed by atoms with E-state index in [1.165, 1.54) is 11.3 Å². The van der Waals surface area contributed by atoms with Gasteiger partial charge in [0.05, 0.1) is 6.10 Å². The maximum Gasteiger partial charge on any atom is 0.0541 e. The Hall–Kier alpha value is -0.770. The van der Waals surface area contributed by atoms with Gasteiger partial charge in [-0.2, -0.15) is 0 Å². The Morgan fingerprint density at radius 3 is 2.71 bits per heavy atom. The molecule has 1 saturated heterocycles. The summed E-state index contributed by atoms with van der Waals surface area (Å²) in [4.78, 5) is 2.41. The van der Waals surface area contributed by atoms with Crippen molar-refractivity contribution in [2.45, 2.75) is 45.8 Å². The standard InChI is InChI=1S/C17H27ClN2O/c1-3-9-19-12-15-16(18)5-4-6-17(15)20-10-7-14(8-11-20)13(2)21/h4-6,13-14,19,21H,3,7-12H2,1-2H3. The summed E-state index contributed by atoms with van der Waals surface area (Å²) in [6.07, 6.45) is 3.02. The lowest BCUT2D eigenvalue weighted by atomic mass is 9.91. The molecule has 2 N–H and O–H groups in total. The largest absolute Gasteiger partial charge is 0.393 e. The molecule has 0 saturated carbocycles. The number of hydrogen-bond acceptors (Lipinski definition) is 3. The van der Waals surface area contributed by atoms with E-state index in [1.807, 2.05) is 19.1 Å². The van der Waals surface area contributed by atoms with Crippen molar-refractivity contribution in [1.29, 1.82) is 0 Å². The first-order valence-electron chi connectivity index (χ1n) is 8.04. The van der Waals surface area contributed by atoms with Crippen LogP contribution in [0.25, 0.3) is 0 Å². The molecule has 0 aliphatic carbocycles. The third kappa shape index (κ3) is 4.35. The van der Waals surface area contributed by atoms with Crippen molar-refractivity contribution >= 4 is 17.3 Å². The number of hydrogen-bond donors (Lipinski definition) is 2.